The first kappa shape index (κ1) is 13.3. The zero-order valence-corrected chi connectivity index (χ0v) is 10.8. The highest BCUT2D eigenvalue weighted by Crippen LogP contribution is 2.24. The van der Waals surface area contributed by atoms with Crippen molar-refractivity contribution in [3.63, 3.8) is 0 Å². The van der Waals surface area contributed by atoms with Crippen LogP contribution in [0, 0.1) is 5.82 Å². The Morgan fingerprint density at radius 2 is 2.11 bits per heavy atom. The van der Waals surface area contributed by atoms with Crippen LogP contribution in [0.4, 0.5) is 14.9 Å². The van der Waals surface area contributed by atoms with Gasteiger partial charge in [-0.1, -0.05) is 6.07 Å². The van der Waals surface area contributed by atoms with Crippen LogP contribution in [0.25, 0.3) is 0 Å². The second-order valence-corrected chi connectivity index (χ2v) is 4.53. The second-order valence-electron chi connectivity index (χ2n) is 4.53. The number of benzene rings is 1. The first-order valence-electron chi connectivity index (χ1n) is 6.22. The number of nitrogens with one attached hydrogen (secondary N) is 1. The molecule has 1 aliphatic rings. The van der Waals surface area contributed by atoms with Crippen LogP contribution in [-0.2, 0) is 0 Å². The largest absolute Gasteiger partial charge is 0.369 e. The summed E-state index contributed by atoms with van der Waals surface area (Å²) in [5, 5.41) is 3.77. The quantitative estimate of drug-likeness (QED) is 0.645. The third kappa shape index (κ3) is 3.21. The van der Waals surface area contributed by atoms with Gasteiger partial charge in [-0.2, -0.15) is 5.10 Å². The summed E-state index contributed by atoms with van der Waals surface area (Å²) in [6.45, 7) is 3.47. The Labute approximate surface area is 111 Å². The van der Waals surface area contributed by atoms with E-state index in [4.69, 9.17) is 5.73 Å². The Morgan fingerprint density at radius 3 is 2.68 bits per heavy atom. The number of anilines is 1. The van der Waals surface area contributed by atoms with Gasteiger partial charge in [0.25, 0.3) is 0 Å². The van der Waals surface area contributed by atoms with Crippen LogP contribution in [0.2, 0.25) is 0 Å². The van der Waals surface area contributed by atoms with Crippen LogP contribution in [0.1, 0.15) is 25.3 Å². The number of primary amides is 1. The fourth-order valence-electron chi connectivity index (χ4n) is 2.15. The zero-order valence-electron chi connectivity index (χ0n) is 10.8. The summed E-state index contributed by atoms with van der Waals surface area (Å²) in [7, 11) is 0. The van der Waals surface area contributed by atoms with Gasteiger partial charge in [-0.15, -0.1) is 0 Å². The average molecular weight is 264 g/mol. The van der Waals surface area contributed by atoms with E-state index in [9.17, 15) is 9.18 Å². The Hall–Kier alpha value is -2.11. The number of carbonyl (C=O) groups is 1. The third-order valence-electron chi connectivity index (χ3n) is 3.15. The standard InChI is InChI=1S/C13H17FN4O/c1-9(16-17-13(15)19)10-4-5-12(11(14)8-10)18-6-2-3-7-18/h4-5,8H,2-3,6-7H2,1H3,(H3,15,17,19)/b16-9-. The number of nitrogens with two attached hydrogens (primary N) is 1. The smallest absolute Gasteiger partial charge is 0.332 e. The topological polar surface area (TPSA) is 70.7 Å². The zero-order chi connectivity index (χ0) is 13.8. The van der Waals surface area contributed by atoms with Crippen LogP contribution in [0.3, 0.4) is 0 Å². The summed E-state index contributed by atoms with van der Waals surface area (Å²) in [6, 6.07) is 4.22. The molecule has 0 aliphatic carbocycles. The number of amides is 2. The minimum Gasteiger partial charge on any atom is -0.369 e. The van der Waals surface area contributed by atoms with Crippen molar-refractivity contribution < 1.29 is 9.18 Å². The summed E-state index contributed by atoms with van der Waals surface area (Å²) in [4.78, 5) is 12.6. The lowest BCUT2D eigenvalue weighted by atomic mass is 10.1. The van der Waals surface area contributed by atoms with E-state index >= 15 is 0 Å². The van der Waals surface area contributed by atoms with Crippen molar-refractivity contribution in [2.24, 2.45) is 10.8 Å². The molecule has 6 heteroatoms. The third-order valence-corrected chi connectivity index (χ3v) is 3.15. The average Bonchev–Trinajstić information content (AvgIpc) is 2.89. The number of nitrogens with zero attached hydrogens (tertiary/aromatic N) is 2. The minimum absolute atomic E-state index is 0.270. The first-order valence-corrected chi connectivity index (χ1v) is 6.22. The molecule has 0 atom stereocenters. The number of hydrazone groups is 1. The molecule has 1 saturated heterocycles. The van der Waals surface area contributed by atoms with Gasteiger partial charge >= 0.3 is 6.03 Å². The van der Waals surface area contributed by atoms with Gasteiger partial charge in [-0.3, -0.25) is 0 Å². The van der Waals surface area contributed by atoms with Crippen molar-refractivity contribution in [3.8, 4) is 0 Å². The normalized spacial score (nSPS) is 15.7. The summed E-state index contributed by atoms with van der Waals surface area (Å²) in [6.07, 6.45) is 2.20. The second kappa shape index (κ2) is 5.69. The van der Waals surface area contributed by atoms with E-state index in [0.717, 1.165) is 25.9 Å². The van der Waals surface area contributed by atoms with Gasteiger partial charge < -0.3 is 10.6 Å². The van der Waals surface area contributed by atoms with E-state index in [2.05, 4.69) is 10.5 Å². The van der Waals surface area contributed by atoms with Crippen molar-refractivity contribution in [2.75, 3.05) is 18.0 Å². The summed E-state index contributed by atoms with van der Waals surface area (Å²) in [5.41, 5.74) is 8.79. The van der Waals surface area contributed by atoms with Crippen LogP contribution in [0.5, 0.6) is 0 Å². The number of halogens is 1. The molecule has 102 valence electrons. The van der Waals surface area contributed by atoms with Gasteiger partial charge in [-0.25, -0.2) is 14.6 Å². The van der Waals surface area contributed by atoms with E-state index in [0.29, 0.717) is 17.0 Å². The van der Waals surface area contributed by atoms with Crippen LogP contribution < -0.4 is 16.1 Å². The number of hydrogen-bond donors (Lipinski definition) is 2. The molecule has 2 amide bonds. The van der Waals surface area contributed by atoms with E-state index in [1.807, 2.05) is 4.90 Å². The molecule has 1 heterocycles. The van der Waals surface area contributed by atoms with E-state index in [-0.39, 0.29) is 5.82 Å². The predicted molar refractivity (Wildman–Crippen MR) is 72.8 cm³/mol. The molecule has 19 heavy (non-hydrogen) atoms. The van der Waals surface area contributed by atoms with Gasteiger partial charge in [0.05, 0.1) is 11.4 Å². The highest BCUT2D eigenvalue weighted by Gasteiger charge is 2.16. The molecule has 2 rings (SSSR count). The molecule has 1 fully saturated rings. The number of carbonyl (C=O) groups excluding carboxylic acids is 1. The molecule has 0 radical (unpaired) electrons. The Kier molecular flexibility index (Phi) is 3.99. The molecular weight excluding hydrogens is 247 g/mol. The molecule has 1 aromatic carbocycles. The molecule has 3 N–H and O–H groups in total. The van der Waals surface area contributed by atoms with Crippen LogP contribution >= 0.6 is 0 Å². The van der Waals surface area contributed by atoms with Gasteiger partial charge in [0.15, 0.2) is 0 Å². The monoisotopic (exact) mass is 264 g/mol. The highest BCUT2D eigenvalue weighted by atomic mass is 19.1. The Morgan fingerprint density at radius 1 is 1.42 bits per heavy atom. The lowest BCUT2D eigenvalue weighted by molar-refractivity contribution is 0.249. The molecule has 0 spiro atoms. The Bertz CT molecular complexity index is 509. The number of rotatable bonds is 3. The van der Waals surface area contributed by atoms with Crippen molar-refractivity contribution in [1.29, 1.82) is 0 Å². The molecule has 0 unspecified atom stereocenters. The number of hydrogen-bond acceptors (Lipinski definition) is 3. The maximum atomic E-state index is 14.1. The van der Waals surface area contributed by atoms with E-state index < -0.39 is 6.03 Å². The molecular formula is C13H17FN4O. The summed E-state index contributed by atoms with van der Waals surface area (Å²) in [5.74, 6) is -0.270. The van der Waals surface area contributed by atoms with Crippen molar-refractivity contribution in [2.45, 2.75) is 19.8 Å². The summed E-state index contributed by atoms with van der Waals surface area (Å²) < 4.78 is 14.1. The highest BCUT2D eigenvalue weighted by molar-refractivity contribution is 5.99. The maximum Gasteiger partial charge on any atom is 0.332 e. The molecule has 0 bridgehead atoms. The molecule has 1 aromatic rings. The fourth-order valence-corrected chi connectivity index (χ4v) is 2.15. The lowest BCUT2D eigenvalue weighted by Gasteiger charge is -2.18. The van der Waals surface area contributed by atoms with E-state index in [1.54, 1.807) is 19.1 Å². The van der Waals surface area contributed by atoms with Crippen molar-refractivity contribution >= 4 is 17.4 Å². The lowest BCUT2D eigenvalue weighted by Crippen LogP contribution is -2.25. The van der Waals surface area contributed by atoms with Gasteiger partial charge in [0.2, 0.25) is 0 Å². The molecule has 5 nitrogen and oxygen atoms in total. The fraction of sp³-hybridized carbons (Fsp3) is 0.385. The predicted octanol–water partition coefficient (Wildman–Crippen LogP) is 1.82. The van der Waals surface area contributed by atoms with Gasteiger partial charge in [0.1, 0.15) is 5.82 Å². The minimum atomic E-state index is -0.742. The number of urea groups is 1. The van der Waals surface area contributed by atoms with Crippen molar-refractivity contribution in [3.05, 3.63) is 29.6 Å². The van der Waals surface area contributed by atoms with Crippen LogP contribution in [0.15, 0.2) is 23.3 Å². The Balaban J connectivity index is 2.18. The molecule has 0 aromatic heterocycles. The van der Waals surface area contributed by atoms with Gasteiger partial charge in [-0.05, 0) is 31.9 Å². The SMILES string of the molecule is C/C(=N/NC(N)=O)c1ccc(N2CCCC2)c(F)c1. The van der Waals surface area contributed by atoms with E-state index in [1.165, 1.54) is 6.07 Å². The van der Waals surface area contributed by atoms with Crippen molar-refractivity contribution in [1.82, 2.24) is 5.43 Å². The first-order chi connectivity index (χ1) is 9.08. The molecule has 0 saturated carbocycles. The van der Waals surface area contributed by atoms with Gasteiger partial charge in [0, 0.05) is 18.7 Å². The maximum absolute atomic E-state index is 14.1. The van der Waals surface area contributed by atoms with Crippen LogP contribution in [-0.4, -0.2) is 24.8 Å². The summed E-state index contributed by atoms with van der Waals surface area (Å²) >= 11 is 0. The molecule has 1 aliphatic heterocycles.